The molecule has 3 heteroatoms. The van der Waals surface area contributed by atoms with Gasteiger partial charge in [0.1, 0.15) is 0 Å². The molecule has 1 spiro atoms. The molecule has 2 bridgehead atoms. The molecule has 0 N–H and O–H groups in total. The zero-order chi connectivity index (χ0) is 11.6. The normalized spacial score (nSPS) is 41.6. The molecule has 17 heavy (non-hydrogen) atoms. The number of esters is 1. The molecule has 1 saturated heterocycles. The van der Waals surface area contributed by atoms with Crippen molar-refractivity contribution in [2.24, 2.45) is 11.8 Å². The fourth-order valence-corrected chi connectivity index (χ4v) is 3.67. The first-order valence-corrected chi connectivity index (χ1v) is 6.08. The van der Waals surface area contributed by atoms with Crippen LogP contribution in [-0.2, 0) is 14.3 Å². The molecule has 4 rings (SSSR count). The Balaban J connectivity index is 1.89. The van der Waals surface area contributed by atoms with Gasteiger partial charge >= 0.3 is 5.97 Å². The average molecular weight is 228 g/mol. The summed E-state index contributed by atoms with van der Waals surface area (Å²) in [4.78, 5) is 23.4. The van der Waals surface area contributed by atoms with Gasteiger partial charge in [-0.05, 0) is 24.1 Å². The van der Waals surface area contributed by atoms with Gasteiger partial charge in [-0.3, -0.25) is 9.59 Å². The first kappa shape index (κ1) is 9.40. The lowest BCUT2D eigenvalue weighted by atomic mass is 9.77. The minimum atomic E-state index is -0.593. The van der Waals surface area contributed by atoms with Gasteiger partial charge < -0.3 is 4.74 Å². The number of carbonyl (C=O) groups excluding carboxylic acids is 2. The molecule has 86 valence electrons. The highest BCUT2D eigenvalue weighted by molar-refractivity contribution is 6.08. The molecule has 2 unspecified atom stereocenters. The number of carbonyl (C=O) groups is 2. The van der Waals surface area contributed by atoms with Gasteiger partial charge in [-0.1, -0.05) is 12.2 Å². The molecule has 3 atom stereocenters. The first-order chi connectivity index (χ1) is 8.20. The topological polar surface area (TPSA) is 43.4 Å². The van der Waals surface area contributed by atoms with Crippen LogP contribution in [0.25, 0.3) is 0 Å². The summed E-state index contributed by atoms with van der Waals surface area (Å²) < 4.78 is 5.53. The van der Waals surface area contributed by atoms with Crippen molar-refractivity contribution < 1.29 is 14.3 Å². The summed E-state index contributed by atoms with van der Waals surface area (Å²) in [5.74, 6) is 0.506. The molecule has 4 aliphatic rings. The number of allylic oxidation sites excluding steroid dienone is 4. The Morgan fingerprint density at radius 1 is 1.24 bits per heavy atom. The van der Waals surface area contributed by atoms with Crippen molar-refractivity contribution in [3.05, 3.63) is 35.5 Å². The Morgan fingerprint density at radius 2 is 2.06 bits per heavy atom. The van der Waals surface area contributed by atoms with Crippen molar-refractivity contribution >= 4 is 11.8 Å². The molecule has 3 nitrogen and oxygen atoms in total. The molecule has 0 radical (unpaired) electrons. The molecule has 0 aromatic heterocycles. The van der Waals surface area contributed by atoms with Gasteiger partial charge in [0.15, 0.2) is 11.4 Å². The third-order valence-corrected chi connectivity index (χ3v) is 4.34. The monoisotopic (exact) mass is 228 g/mol. The van der Waals surface area contributed by atoms with E-state index in [4.69, 9.17) is 4.74 Å². The van der Waals surface area contributed by atoms with E-state index < -0.39 is 5.60 Å². The number of fused-ring (bicyclic) bond motifs is 5. The van der Waals surface area contributed by atoms with Crippen molar-refractivity contribution in [3.8, 4) is 0 Å². The molecule has 1 aliphatic heterocycles. The second kappa shape index (κ2) is 2.78. The van der Waals surface area contributed by atoms with Crippen LogP contribution in [0.4, 0.5) is 0 Å². The maximum atomic E-state index is 12.0. The van der Waals surface area contributed by atoms with Crippen LogP contribution < -0.4 is 0 Å². The lowest BCUT2D eigenvalue weighted by molar-refractivity contribution is -0.144. The first-order valence-electron chi connectivity index (χ1n) is 6.08. The lowest BCUT2D eigenvalue weighted by Gasteiger charge is -2.33. The molecule has 0 saturated carbocycles. The zero-order valence-electron chi connectivity index (χ0n) is 9.31. The SMILES string of the molecule is O=C1CC[C@@]2(C=CC(=O)C3=C2C2C=CC3C2)O1. The van der Waals surface area contributed by atoms with Crippen LogP contribution in [0.5, 0.6) is 0 Å². The van der Waals surface area contributed by atoms with Crippen molar-refractivity contribution in [2.45, 2.75) is 24.9 Å². The van der Waals surface area contributed by atoms with Crippen molar-refractivity contribution in [1.29, 1.82) is 0 Å². The molecule has 3 aliphatic carbocycles. The second-order valence-corrected chi connectivity index (χ2v) is 5.22. The third kappa shape index (κ3) is 1.02. The predicted molar refractivity (Wildman–Crippen MR) is 60.0 cm³/mol. The van der Waals surface area contributed by atoms with E-state index in [1.165, 1.54) is 0 Å². The van der Waals surface area contributed by atoms with E-state index in [0.717, 1.165) is 17.6 Å². The molecule has 0 aromatic carbocycles. The molecule has 0 amide bonds. The van der Waals surface area contributed by atoms with Crippen molar-refractivity contribution in [2.75, 3.05) is 0 Å². The predicted octanol–water partition coefficient (Wildman–Crippen LogP) is 1.70. The minimum Gasteiger partial charge on any atom is -0.450 e. The van der Waals surface area contributed by atoms with Crippen LogP contribution in [0.2, 0.25) is 0 Å². The smallest absolute Gasteiger partial charge is 0.307 e. The fourth-order valence-electron chi connectivity index (χ4n) is 3.67. The average Bonchev–Trinajstić information content (AvgIpc) is 2.99. The summed E-state index contributed by atoms with van der Waals surface area (Å²) in [7, 11) is 0. The molecular formula is C14H12O3. The number of rotatable bonds is 0. The Kier molecular flexibility index (Phi) is 1.54. The van der Waals surface area contributed by atoms with E-state index in [1.807, 2.05) is 0 Å². The number of hydrogen-bond donors (Lipinski definition) is 0. The largest absolute Gasteiger partial charge is 0.450 e. The highest BCUT2D eigenvalue weighted by atomic mass is 16.6. The molecule has 0 aromatic rings. The molecule has 1 fully saturated rings. The van der Waals surface area contributed by atoms with Crippen molar-refractivity contribution in [3.63, 3.8) is 0 Å². The van der Waals surface area contributed by atoms with Crippen molar-refractivity contribution in [1.82, 2.24) is 0 Å². The highest BCUT2D eigenvalue weighted by Gasteiger charge is 2.53. The quantitative estimate of drug-likeness (QED) is 0.468. The fraction of sp³-hybridized carbons (Fsp3) is 0.429. The van der Waals surface area contributed by atoms with E-state index in [-0.39, 0.29) is 17.7 Å². The van der Waals surface area contributed by atoms with Crippen LogP contribution in [-0.4, -0.2) is 17.4 Å². The van der Waals surface area contributed by atoms with Crippen LogP contribution in [0.15, 0.2) is 35.5 Å². The van der Waals surface area contributed by atoms with Gasteiger partial charge in [-0.15, -0.1) is 0 Å². The Labute approximate surface area is 98.8 Å². The maximum Gasteiger partial charge on any atom is 0.307 e. The number of ether oxygens (including phenoxy) is 1. The Morgan fingerprint density at radius 3 is 2.82 bits per heavy atom. The van der Waals surface area contributed by atoms with Gasteiger partial charge in [0.05, 0.1) is 6.42 Å². The summed E-state index contributed by atoms with van der Waals surface area (Å²) in [6.45, 7) is 0. The summed E-state index contributed by atoms with van der Waals surface area (Å²) in [5, 5.41) is 0. The standard InChI is InChI=1S/C14H12O3/c15-10-3-5-14(6-4-11(16)17-14)13-9-2-1-8(7-9)12(10)13/h1-3,5,8-9H,4,6-7H2/t8?,9?,14-/m1/s1. The van der Waals surface area contributed by atoms with Gasteiger partial charge in [0.2, 0.25) is 0 Å². The van der Waals surface area contributed by atoms with E-state index in [0.29, 0.717) is 18.8 Å². The Bertz CT molecular complexity index is 538. The van der Waals surface area contributed by atoms with Gasteiger partial charge in [-0.2, -0.15) is 0 Å². The third-order valence-electron chi connectivity index (χ3n) is 4.34. The Hall–Kier alpha value is -1.64. The number of hydrogen-bond acceptors (Lipinski definition) is 3. The summed E-state index contributed by atoms with van der Waals surface area (Å²) in [6, 6.07) is 0. The zero-order valence-corrected chi connectivity index (χ0v) is 9.31. The summed E-state index contributed by atoms with van der Waals surface area (Å²) >= 11 is 0. The van der Waals surface area contributed by atoms with Crippen LogP contribution in [0.3, 0.4) is 0 Å². The minimum absolute atomic E-state index is 0.102. The lowest BCUT2D eigenvalue weighted by Crippen LogP contribution is -2.35. The van der Waals surface area contributed by atoms with Gasteiger partial charge in [-0.25, -0.2) is 0 Å². The van der Waals surface area contributed by atoms with Gasteiger partial charge in [0, 0.05) is 23.8 Å². The van der Waals surface area contributed by atoms with Gasteiger partial charge in [0.25, 0.3) is 0 Å². The molecular weight excluding hydrogens is 216 g/mol. The van der Waals surface area contributed by atoms with Crippen LogP contribution in [0.1, 0.15) is 19.3 Å². The summed E-state index contributed by atoms with van der Waals surface area (Å²) in [5.41, 5.74) is 1.38. The van der Waals surface area contributed by atoms with E-state index >= 15 is 0 Å². The van der Waals surface area contributed by atoms with E-state index in [9.17, 15) is 9.59 Å². The molecule has 1 heterocycles. The number of ketones is 1. The van der Waals surface area contributed by atoms with Crippen LogP contribution >= 0.6 is 0 Å². The van der Waals surface area contributed by atoms with Crippen LogP contribution in [0, 0.1) is 11.8 Å². The second-order valence-electron chi connectivity index (χ2n) is 5.22. The highest BCUT2D eigenvalue weighted by Crippen LogP contribution is 2.54. The van der Waals surface area contributed by atoms with E-state index in [2.05, 4.69) is 12.2 Å². The van der Waals surface area contributed by atoms with E-state index in [1.54, 1.807) is 12.2 Å². The maximum absolute atomic E-state index is 12.0. The summed E-state index contributed by atoms with van der Waals surface area (Å²) in [6.07, 6.45) is 9.79.